The molecule has 114 valence electrons. The number of carbonyl (C=O) groups excluding carboxylic acids is 1. The smallest absolute Gasteiger partial charge is 0.328 e. The molecule has 8 heteroatoms. The third-order valence-corrected chi connectivity index (χ3v) is 3.62. The lowest BCUT2D eigenvalue weighted by molar-refractivity contribution is 0.103. The molecular weight excluding hydrogens is 300 g/mol. The monoisotopic (exact) mass is 310 g/mol. The van der Waals surface area contributed by atoms with Gasteiger partial charge in [-0.25, -0.2) is 9.78 Å². The molecule has 0 spiro atoms. The number of imidazole rings is 1. The van der Waals surface area contributed by atoms with Crippen LogP contribution in [0.2, 0.25) is 0 Å². The Kier molecular flexibility index (Phi) is 2.77. The second-order valence-electron chi connectivity index (χ2n) is 5.08. The number of rotatable bonds is 2. The molecule has 4 rings (SSSR count). The Balaban J connectivity index is 1.76. The van der Waals surface area contributed by atoms with Crippen LogP contribution in [0, 0.1) is 0 Å². The van der Waals surface area contributed by atoms with E-state index in [-0.39, 0.29) is 23.9 Å². The van der Waals surface area contributed by atoms with E-state index in [9.17, 15) is 14.4 Å². The van der Waals surface area contributed by atoms with Crippen LogP contribution in [0.4, 0.5) is 0 Å². The van der Waals surface area contributed by atoms with Crippen molar-refractivity contribution in [3.63, 3.8) is 0 Å². The summed E-state index contributed by atoms with van der Waals surface area (Å²) in [5, 5.41) is 0. The molecule has 0 radical (unpaired) electrons. The number of nitrogens with one attached hydrogen (secondary N) is 3. The molecule has 0 saturated heterocycles. The lowest BCUT2D eigenvalue weighted by atomic mass is 9.99. The Morgan fingerprint density at radius 2 is 2.09 bits per heavy atom. The molecule has 0 aliphatic carbocycles. The fourth-order valence-corrected chi connectivity index (χ4v) is 2.52. The highest BCUT2D eigenvalue weighted by Gasteiger charge is 2.22. The highest BCUT2D eigenvalue weighted by molar-refractivity contribution is 6.06. The van der Waals surface area contributed by atoms with Gasteiger partial charge in [0, 0.05) is 29.9 Å². The standard InChI is InChI=1S/C15H10N4O4/c20-11(12-16-3-4-17-12)7-1-2-10-8(5-7)6-9-13(21)18-15(22)19-14(9)23-10/h1-5H,6H2,(H,16,17)(H2,18,19,21,22). The zero-order valence-corrected chi connectivity index (χ0v) is 11.7. The van der Waals surface area contributed by atoms with E-state index in [0.717, 1.165) is 0 Å². The first-order valence-electron chi connectivity index (χ1n) is 6.82. The number of nitrogens with zero attached hydrogens (tertiary/aromatic N) is 1. The summed E-state index contributed by atoms with van der Waals surface area (Å²) in [4.78, 5) is 46.8. The highest BCUT2D eigenvalue weighted by atomic mass is 16.5. The van der Waals surface area contributed by atoms with Crippen molar-refractivity contribution < 1.29 is 9.53 Å². The summed E-state index contributed by atoms with van der Waals surface area (Å²) < 4.78 is 5.55. The molecule has 0 amide bonds. The van der Waals surface area contributed by atoms with Gasteiger partial charge in [0.1, 0.15) is 5.75 Å². The topological polar surface area (TPSA) is 121 Å². The zero-order valence-electron chi connectivity index (χ0n) is 11.7. The first-order valence-corrected chi connectivity index (χ1v) is 6.82. The van der Waals surface area contributed by atoms with Crippen molar-refractivity contribution in [1.82, 2.24) is 19.9 Å². The maximum atomic E-state index is 12.3. The van der Waals surface area contributed by atoms with E-state index < -0.39 is 11.2 Å². The molecule has 1 aliphatic heterocycles. The second kappa shape index (κ2) is 4.80. The van der Waals surface area contributed by atoms with Gasteiger partial charge >= 0.3 is 5.69 Å². The number of H-pyrrole nitrogens is 3. The molecule has 2 aromatic heterocycles. The maximum Gasteiger partial charge on any atom is 0.328 e. The van der Waals surface area contributed by atoms with Gasteiger partial charge in [-0.15, -0.1) is 0 Å². The molecule has 0 saturated carbocycles. The summed E-state index contributed by atoms with van der Waals surface area (Å²) in [6.45, 7) is 0. The van der Waals surface area contributed by atoms with Gasteiger partial charge in [-0.2, -0.15) is 0 Å². The number of fused-ring (bicyclic) bond motifs is 2. The summed E-state index contributed by atoms with van der Waals surface area (Å²) in [7, 11) is 0. The van der Waals surface area contributed by atoms with Crippen molar-refractivity contribution in [3.8, 4) is 11.6 Å². The molecule has 23 heavy (non-hydrogen) atoms. The predicted octanol–water partition coefficient (Wildman–Crippen LogP) is 0.714. The van der Waals surface area contributed by atoms with Crippen LogP contribution in [0.25, 0.3) is 0 Å². The Labute approximate surface area is 128 Å². The molecule has 0 fully saturated rings. The Morgan fingerprint density at radius 1 is 1.22 bits per heavy atom. The zero-order chi connectivity index (χ0) is 16.0. The fourth-order valence-electron chi connectivity index (χ4n) is 2.52. The van der Waals surface area contributed by atoms with E-state index in [4.69, 9.17) is 4.74 Å². The molecule has 0 bridgehead atoms. The molecule has 8 nitrogen and oxygen atoms in total. The molecular formula is C15H10N4O4. The Bertz CT molecular complexity index is 1030. The van der Waals surface area contributed by atoms with Crippen molar-refractivity contribution in [1.29, 1.82) is 0 Å². The lowest BCUT2D eigenvalue weighted by Gasteiger charge is -2.19. The number of benzene rings is 1. The Morgan fingerprint density at radius 3 is 2.87 bits per heavy atom. The number of aromatic amines is 3. The van der Waals surface area contributed by atoms with E-state index in [1.54, 1.807) is 24.4 Å². The minimum Gasteiger partial charge on any atom is -0.440 e. The average molecular weight is 310 g/mol. The molecule has 0 atom stereocenters. The predicted molar refractivity (Wildman–Crippen MR) is 79.0 cm³/mol. The summed E-state index contributed by atoms with van der Waals surface area (Å²) in [5.41, 5.74) is 0.317. The van der Waals surface area contributed by atoms with Crippen LogP contribution < -0.4 is 16.0 Å². The van der Waals surface area contributed by atoms with Crippen LogP contribution in [0.1, 0.15) is 27.3 Å². The van der Waals surface area contributed by atoms with E-state index in [1.165, 1.54) is 6.20 Å². The van der Waals surface area contributed by atoms with E-state index in [0.29, 0.717) is 22.4 Å². The first-order chi connectivity index (χ1) is 11.1. The number of aromatic nitrogens is 4. The Hall–Kier alpha value is -3.42. The van der Waals surface area contributed by atoms with Gasteiger partial charge in [0.25, 0.3) is 5.56 Å². The number of hydrogen-bond donors (Lipinski definition) is 3. The van der Waals surface area contributed by atoms with Crippen molar-refractivity contribution in [2.24, 2.45) is 0 Å². The second-order valence-corrected chi connectivity index (χ2v) is 5.08. The summed E-state index contributed by atoms with van der Waals surface area (Å²) in [6, 6.07) is 4.90. The molecule has 3 aromatic rings. The summed E-state index contributed by atoms with van der Waals surface area (Å²) >= 11 is 0. The minimum atomic E-state index is -0.623. The number of ether oxygens (including phenoxy) is 1. The largest absolute Gasteiger partial charge is 0.440 e. The van der Waals surface area contributed by atoms with Crippen LogP contribution in [0.15, 0.2) is 40.2 Å². The van der Waals surface area contributed by atoms with Gasteiger partial charge in [0.15, 0.2) is 5.82 Å². The van der Waals surface area contributed by atoms with Gasteiger partial charge in [-0.05, 0) is 18.2 Å². The van der Waals surface area contributed by atoms with Gasteiger partial charge in [0.05, 0.1) is 5.56 Å². The normalized spacial score (nSPS) is 12.2. The van der Waals surface area contributed by atoms with Crippen molar-refractivity contribution in [2.75, 3.05) is 0 Å². The first kappa shape index (κ1) is 13.3. The molecule has 1 aliphatic rings. The van der Waals surface area contributed by atoms with Crippen LogP contribution in [0.5, 0.6) is 11.6 Å². The highest BCUT2D eigenvalue weighted by Crippen LogP contribution is 2.33. The number of ketones is 1. The molecule has 3 N–H and O–H groups in total. The van der Waals surface area contributed by atoms with Crippen molar-refractivity contribution in [3.05, 3.63) is 73.9 Å². The van der Waals surface area contributed by atoms with Crippen molar-refractivity contribution in [2.45, 2.75) is 6.42 Å². The number of carbonyl (C=O) groups is 1. The minimum absolute atomic E-state index is 0.136. The third kappa shape index (κ3) is 2.16. The average Bonchev–Trinajstić information content (AvgIpc) is 3.06. The van der Waals surface area contributed by atoms with Crippen LogP contribution in [-0.2, 0) is 6.42 Å². The number of hydrogen-bond acceptors (Lipinski definition) is 5. The SMILES string of the molecule is O=C(c1ccc2c(c1)Cc1c([nH]c(=O)[nH]c1=O)O2)c1ncc[nH]1. The quantitative estimate of drug-likeness (QED) is 0.471. The molecule has 1 aromatic carbocycles. The van der Waals surface area contributed by atoms with E-state index >= 15 is 0 Å². The van der Waals surface area contributed by atoms with Crippen LogP contribution >= 0.6 is 0 Å². The van der Waals surface area contributed by atoms with Gasteiger partial charge in [-0.3, -0.25) is 19.6 Å². The van der Waals surface area contributed by atoms with Crippen molar-refractivity contribution >= 4 is 5.78 Å². The van der Waals surface area contributed by atoms with Crippen LogP contribution in [0.3, 0.4) is 0 Å². The van der Waals surface area contributed by atoms with Gasteiger partial charge < -0.3 is 9.72 Å². The van der Waals surface area contributed by atoms with Gasteiger partial charge in [-0.1, -0.05) is 0 Å². The third-order valence-electron chi connectivity index (χ3n) is 3.62. The molecule has 0 unspecified atom stereocenters. The lowest BCUT2D eigenvalue weighted by Crippen LogP contribution is -2.28. The van der Waals surface area contributed by atoms with E-state index in [2.05, 4.69) is 19.9 Å². The summed E-state index contributed by atoms with van der Waals surface area (Å²) in [5.74, 6) is 0.620. The maximum absolute atomic E-state index is 12.3. The van der Waals surface area contributed by atoms with Gasteiger partial charge in [0.2, 0.25) is 11.7 Å². The van der Waals surface area contributed by atoms with E-state index in [1.807, 2.05) is 0 Å². The fraction of sp³-hybridized carbons (Fsp3) is 0.0667. The molecule has 3 heterocycles. The summed E-state index contributed by atoms with van der Waals surface area (Å²) in [6.07, 6.45) is 3.33. The van der Waals surface area contributed by atoms with Crippen LogP contribution in [-0.4, -0.2) is 25.7 Å².